The van der Waals surface area contributed by atoms with Crippen molar-refractivity contribution in [3.8, 4) is 0 Å². The molecule has 0 N–H and O–H groups in total. The van der Waals surface area contributed by atoms with Crippen molar-refractivity contribution in [3.63, 3.8) is 0 Å². The number of thioether (sulfide) groups is 1. The van der Waals surface area contributed by atoms with E-state index in [2.05, 4.69) is 0 Å². The van der Waals surface area contributed by atoms with Crippen LogP contribution < -0.4 is 0 Å². The lowest BCUT2D eigenvalue weighted by Gasteiger charge is -2.31. The lowest BCUT2D eigenvalue weighted by molar-refractivity contribution is -0.140. The topological polar surface area (TPSA) is 107 Å². The molecule has 26 heavy (non-hydrogen) atoms. The van der Waals surface area contributed by atoms with Crippen LogP contribution in [0.1, 0.15) is 20.3 Å². The van der Waals surface area contributed by atoms with Gasteiger partial charge in [-0.15, -0.1) is 0 Å². The Bertz CT molecular complexity index is 516. The molecule has 0 aliphatic rings. The van der Waals surface area contributed by atoms with E-state index in [-0.39, 0.29) is 17.4 Å². The van der Waals surface area contributed by atoms with Crippen LogP contribution in [0, 0.1) is 0 Å². The number of carbonyl (C=O) groups excluding carboxylic acids is 1. The average Bonchev–Trinajstić information content (AvgIpc) is 2.62. The highest BCUT2D eigenvalue weighted by molar-refractivity contribution is 8.23. The highest BCUT2D eigenvalue weighted by Gasteiger charge is 2.50. The molecule has 0 rings (SSSR count). The third kappa shape index (κ3) is 7.94. The minimum absolute atomic E-state index is 0.0525. The predicted molar refractivity (Wildman–Crippen MR) is 104 cm³/mol. The van der Waals surface area contributed by atoms with E-state index in [4.69, 9.17) is 39.8 Å². The van der Waals surface area contributed by atoms with Gasteiger partial charge in [-0.05, 0) is 25.6 Å². The van der Waals surface area contributed by atoms with Crippen LogP contribution in [-0.2, 0) is 41.5 Å². The third-order valence-electron chi connectivity index (χ3n) is 3.22. The Kier molecular flexibility index (Phi) is 12.5. The Labute approximate surface area is 163 Å². The Balaban J connectivity index is 5.71. The van der Waals surface area contributed by atoms with Gasteiger partial charge in [0.15, 0.2) is 5.40 Å². The maximum absolute atomic E-state index is 12.9. The standard InChI is InChI=1S/C13H26O9P2S2/c1-7-21-13(25)26-11(9-22-10(2)14)8-12(23(15,17-3)18-4)24(16,19-5)20-6/h11-12H,7-9H2,1-6H3. The summed E-state index contributed by atoms with van der Waals surface area (Å²) in [6.07, 6.45) is -0.0525. The molecule has 0 saturated carbocycles. The third-order valence-corrected chi connectivity index (χ3v) is 10.2. The van der Waals surface area contributed by atoms with Crippen molar-refractivity contribution < 1.29 is 41.5 Å². The molecule has 1 atom stereocenters. The average molecular weight is 452 g/mol. The number of rotatable bonds is 12. The van der Waals surface area contributed by atoms with E-state index in [1.54, 1.807) is 6.92 Å². The predicted octanol–water partition coefficient (Wildman–Crippen LogP) is 3.66. The maximum Gasteiger partial charge on any atom is 0.345 e. The first-order valence-electron chi connectivity index (χ1n) is 7.51. The van der Waals surface area contributed by atoms with Crippen LogP contribution in [0.2, 0.25) is 0 Å². The van der Waals surface area contributed by atoms with Crippen molar-refractivity contribution >= 4 is 49.5 Å². The van der Waals surface area contributed by atoms with Crippen molar-refractivity contribution in [2.45, 2.75) is 30.9 Å². The zero-order valence-corrected chi connectivity index (χ0v) is 19.1. The largest absolute Gasteiger partial charge is 0.479 e. The summed E-state index contributed by atoms with van der Waals surface area (Å²) < 4.78 is 56.3. The minimum atomic E-state index is -3.86. The van der Waals surface area contributed by atoms with Gasteiger partial charge in [0.05, 0.1) is 6.61 Å². The summed E-state index contributed by atoms with van der Waals surface area (Å²) in [6, 6.07) is 0. The molecule has 0 heterocycles. The minimum Gasteiger partial charge on any atom is -0.479 e. The maximum atomic E-state index is 12.9. The van der Waals surface area contributed by atoms with Crippen molar-refractivity contribution in [2.75, 3.05) is 41.7 Å². The quantitative estimate of drug-likeness (QED) is 0.246. The molecule has 0 spiro atoms. The fourth-order valence-electron chi connectivity index (χ4n) is 1.95. The van der Waals surface area contributed by atoms with Crippen LogP contribution >= 0.6 is 39.2 Å². The van der Waals surface area contributed by atoms with Gasteiger partial charge in [-0.1, -0.05) is 11.8 Å². The first-order valence-corrected chi connectivity index (χ1v) is 12.0. The Morgan fingerprint density at radius 1 is 1.00 bits per heavy atom. The molecule has 0 amide bonds. The summed E-state index contributed by atoms with van der Waals surface area (Å²) in [5.74, 6) is -0.502. The molecular formula is C13H26O9P2S2. The van der Waals surface area contributed by atoms with Gasteiger partial charge in [-0.25, -0.2) is 0 Å². The molecular weight excluding hydrogens is 426 g/mol. The summed E-state index contributed by atoms with van der Waals surface area (Å²) >= 11 is 6.18. The first kappa shape index (κ1) is 26.0. The number of hydrogen-bond donors (Lipinski definition) is 0. The van der Waals surface area contributed by atoms with Crippen LogP contribution in [0.3, 0.4) is 0 Å². The van der Waals surface area contributed by atoms with Crippen molar-refractivity contribution in [3.05, 3.63) is 0 Å². The van der Waals surface area contributed by atoms with Crippen LogP contribution in [0.4, 0.5) is 0 Å². The molecule has 0 fully saturated rings. The van der Waals surface area contributed by atoms with E-state index >= 15 is 0 Å². The van der Waals surface area contributed by atoms with Gasteiger partial charge >= 0.3 is 21.2 Å². The zero-order valence-electron chi connectivity index (χ0n) is 15.7. The molecule has 1 unspecified atom stereocenters. The normalized spacial score (nSPS) is 13.5. The summed E-state index contributed by atoms with van der Waals surface area (Å²) in [5, 5.41) is -1.79. The van der Waals surface area contributed by atoms with Crippen LogP contribution in [0.15, 0.2) is 0 Å². The molecule has 0 aliphatic carbocycles. The number of carbonyl (C=O) groups is 1. The molecule has 13 heteroatoms. The second-order valence-corrected chi connectivity index (χ2v) is 11.9. The van der Waals surface area contributed by atoms with Crippen LogP contribution in [0.25, 0.3) is 0 Å². The van der Waals surface area contributed by atoms with E-state index < -0.39 is 31.8 Å². The van der Waals surface area contributed by atoms with Crippen molar-refractivity contribution in [1.82, 2.24) is 0 Å². The van der Waals surface area contributed by atoms with Gasteiger partial charge in [0.2, 0.25) is 4.38 Å². The van der Waals surface area contributed by atoms with Gasteiger partial charge in [-0.3, -0.25) is 13.9 Å². The number of thiocarbonyl (C=S) groups is 1. The zero-order chi connectivity index (χ0) is 20.4. The highest BCUT2D eigenvalue weighted by Crippen LogP contribution is 2.70. The van der Waals surface area contributed by atoms with Gasteiger partial charge in [0, 0.05) is 40.6 Å². The van der Waals surface area contributed by atoms with Crippen molar-refractivity contribution in [1.29, 1.82) is 0 Å². The molecule has 0 saturated heterocycles. The first-order chi connectivity index (χ1) is 12.1. The summed E-state index contributed by atoms with van der Waals surface area (Å²) in [4.78, 5) is 11.2. The molecule has 0 radical (unpaired) electrons. The van der Waals surface area contributed by atoms with E-state index in [1.165, 1.54) is 35.4 Å². The number of esters is 1. The lowest BCUT2D eigenvalue weighted by atomic mass is 10.3. The van der Waals surface area contributed by atoms with E-state index in [1.807, 2.05) is 0 Å². The lowest BCUT2D eigenvalue weighted by Crippen LogP contribution is -2.25. The Morgan fingerprint density at radius 2 is 1.46 bits per heavy atom. The molecule has 154 valence electrons. The summed E-state index contributed by atoms with van der Waals surface area (Å²) in [5.41, 5.74) is 0. The van der Waals surface area contributed by atoms with E-state index in [0.29, 0.717) is 6.61 Å². The van der Waals surface area contributed by atoms with Crippen LogP contribution in [-0.4, -0.2) is 62.7 Å². The molecule has 0 bridgehead atoms. The molecule has 0 aliphatic heterocycles. The second kappa shape index (κ2) is 12.5. The van der Waals surface area contributed by atoms with E-state index in [0.717, 1.165) is 11.8 Å². The molecule has 9 nitrogen and oxygen atoms in total. The Morgan fingerprint density at radius 3 is 1.81 bits per heavy atom. The van der Waals surface area contributed by atoms with Crippen molar-refractivity contribution in [2.24, 2.45) is 0 Å². The molecule has 0 aromatic heterocycles. The smallest absolute Gasteiger partial charge is 0.345 e. The van der Waals surface area contributed by atoms with E-state index in [9.17, 15) is 13.9 Å². The van der Waals surface area contributed by atoms with Crippen LogP contribution in [0.5, 0.6) is 0 Å². The monoisotopic (exact) mass is 452 g/mol. The summed E-state index contributed by atoms with van der Waals surface area (Å²) in [7, 11) is -3.02. The molecule has 0 aromatic rings. The molecule has 0 aromatic carbocycles. The summed E-state index contributed by atoms with van der Waals surface area (Å²) in [6.45, 7) is 3.30. The van der Waals surface area contributed by atoms with Gasteiger partial charge in [0.1, 0.15) is 6.61 Å². The Hall–Kier alpha value is 0.01000. The number of hydrogen-bond acceptors (Lipinski definition) is 11. The number of ether oxygens (including phenoxy) is 2. The second-order valence-electron chi connectivity index (χ2n) is 4.75. The van der Waals surface area contributed by atoms with Gasteiger partial charge < -0.3 is 27.6 Å². The van der Waals surface area contributed by atoms with Gasteiger partial charge in [-0.2, -0.15) is 0 Å². The van der Waals surface area contributed by atoms with Gasteiger partial charge in [0.25, 0.3) is 0 Å². The SMILES string of the molecule is CCOC(=S)SC(COC(C)=O)CC(P(=O)(OC)OC)P(=O)(OC)OC. The fraction of sp³-hybridized carbons (Fsp3) is 0.846. The highest BCUT2D eigenvalue weighted by atomic mass is 32.2. The fourth-order valence-corrected chi connectivity index (χ4v) is 8.46.